The molecule has 1 rings (SSSR count). The van der Waals surface area contributed by atoms with E-state index in [4.69, 9.17) is 0 Å². The van der Waals surface area contributed by atoms with E-state index in [1.54, 1.807) is 5.57 Å². The number of rotatable bonds is 3. The summed E-state index contributed by atoms with van der Waals surface area (Å²) in [7, 11) is 0. The van der Waals surface area contributed by atoms with Crippen LogP contribution < -0.4 is 0 Å². The summed E-state index contributed by atoms with van der Waals surface area (Å²) in [4.78, 5) is 0. The van der Waals surface area contributed by atoms with Crippen molar-refractivity contribution in [2.24, 2.45) is 11.3 Å². The van der Waals surface area contributed by atoms with Gasteiger partial charge < -0.3 is 0 Å². The highest BCUT2D eigenvalue weighted by atomic mass is 14.4. The molecule has 0 aromatic carbocycles. The first-order chi connectivity index (χ1) is 5.94. The normalized spacial score (nSPS) is 25.8. The predicted molar refractivity (Wildman–Crippen MR) is 59.7 cm³/mol. The van der Waals surface area contributed by atoms with Gasteiger partial charge >= 0.3 is 0 Å². The fraction of sp³-hybridized carbons (Fsp3) is 0.692. The maximum Gasteiger partial charge on any atom is -0.0116 e. The van der Waals surface area contributed by atoms with E-state index < -0.39 is 0 Å². The first-order valence-corrected chi connectivity index (χ1v) is 5.26. The van der Waals surface area contributed by atoms with E-state index >= 15 is 0 Å². The molecule has 0 spiro atoms. The molecule has 1 unspecified atom stereocenters. The average molecular weight is 178 g/mol. The number of hydrogen-bond donors (Lipinski definition) is 0. The molecule has 1 atom stereocenters. The minimum atomic E-state index is 0.426. The smallest absolute Gasteiger partial charge is 0.0116 e. The van der Waals surface area contributed by atoms with Gasteiger partial charge in [0.2, 0.25) is 0 Å². The molecule has 0 nitrogen and oxygen atoms in total. The van der Waals surface area contributed by atoms with Gasteiger partial charge in [0, 0.05) is 0 Å². The molecule has 0 aliphatic heterocycles. The highest BCUT2D eigenvalue weighted by Gasteiger charge is 2.33. The molecular formula is C13H22. The third-order valence-corrected chi connectivity index (χ3v) is 3.67. The zero-order chi connectivity index (χ0) is 10.1. The van der Waals surface area contributed by atoms with Crippen LogP contribution in [0.5, 0.6) is 0 Å². The molecule has 0 saturated heterocycles. The standard InChI is InChI=1S/C13H22/c1-10(2)6-8-12-9-7-11(3)13(12,4)5/h7,12H,1,6,8-9H2,2-5H3. The summed E-state index contributed by atoms with van der Waals surface area (Å²) in [6.45, 7) is 13.1. The molecular weight excluding hydrogens is 156 g/mol. The van der Waals surface area contributed by atoms with Crippen molar-refractivity contribution >= 4 is 0 Å². The topological polar surface area (TPSA) is 0 Å². The Labute approximate surface area is 82.7 Å². The van der Waals surface area contributed by atoms with Crippen molar-refractivity contribution in [2.75, 3.05) is 0 Å². The van der Waals surface area contributed by atoms with E-state index in [-0.39, 0.29) is 0 Å². The highest BCUT2D eigenvalue weighted by Crippen LogP contribution is 2.45. The summed E-state index contributed by atoms with van der Waals surface area (Å²) in [5.74, 6) is 0.837. The molecule has 1 aliphatic carbocycles. The van der Waals surface area contributed by atoms with Gasteiger partial charge in [0.1, 0.15) is 0 Å². The molecule has 0 saturated carbocycles. The van der Waals surface area contributed by atoms with Crippen molar-refractivity contribution in [3.05, 3.63) is 23.8 Å². The SMILES string of the molecule is C=C(C)CCC1CC=C(C)C1(C)C. The van der Waals surface area contributed by atoms with Crippen LogP contribution >= 0.6 is 0 Å². The monoisotopic (exact) mass is 178 g/mol. The Hall–Kier alpha value is -0.520. The van der Waals surface area contributed by atoms with E-state index in [0.717, 1.165) is 5.92 Å². The summed E-state index contributed by atoms with van der Waals surface area (Å²) in [6, 6.07) is 0. The Morgan fingerprint density at radius 2 is 2.23 bits per heavy atom. The quantitative estimate of drug-likeness (QED) is 0.564. The lowest BCUT2D eigenvalue weighted by atomic mass is 9.75. The van der Waals surface area contributed by atoms with Crippen LogP contribution in [0.1, 0.15) is 47.0 Å². The van der Waals surface area contributed by atoms with Gasteiger partial charge in [-0.2, -0.15) is 0 Å². The van der Waals surface area contributed by atoms with Crippen molar-refractivity contribution in [1.29, 1.82) is 0 Å². The van der Waals surface area contributed by atoms with Gasteiger partial charge in [-0.25, -0.2) is 0 Å². The molecule has 0 heteroatoms. The Bertz CT molecular complexity index is 230. The second kappa shape index (κ2) is 3.69. The third kappa shape index (κ3) is 2.24. The Morgan fingerprint density at radius 1 is 1.62 bits per heavy atom. The van der Waals surface area contributed by atoms with Crippen molar-refractivity contribution in [3.63, 3.8) is 0 Å². The second-order valence-electron chi connectivity index (χ2n) is 5.04. The van der Waals surface area contributed by atoms with Gasteiger partial charge in [-0.15, -0.1) is 6.58 Å². The first kappa shape index (κ1) is 10.6. The second-order valence-corrected chi connectivity index (χ2v) is 5.04. The largest absolute Gasteiger partial charge is 0.100 e. The first-order valence-electron chi connectivity index (χ1n) is 5.26. The predicted octanol–water partition coefficient (Wildman–Crippen LogP) is 4.34. The molecule has 0 aromatic heterocycles. The van der Waals surface area contributed by atoms with Gasteiger partial charge in [0.25, 0.3) is 0 Å². The van der Waals surface area contributed by atoms with Crippen LogP contribution in [0.2, 0.25) is 0 Å². The van der Waals surface area contributed by atoms with Gasteiger partial charge in [0.05, 0.1) is 0 Å². The zero-order valence-electron chi connectivity index (χ0n) is 9.48. The van der Waals surface area contributed by atoms with Crippen LogP contribution in [0.4, 0.5) is 0 Å². The third-order valence-electron chi connectivity index (χ3n) is 3.67. The van der Waals surface area contributed by atoms with Gasteiger partial charge in [0.15, 0.2) is 0 Å². The Morgan fingerprint density at radius 3 is 2.62 bits per heavy atom. The minimum Gasteiger partial charge on any atom is -0.100 e. The molecule has 74 valence electrons. The van der Waals surface area contributed by atoms with E-state index in [9.17, 15) is 0 Å². The highest BCUT2D eigenvalue weighted by molar-refractivity contribution is 5.18. The van der Waals surface area contributed by atoms with Crippen molar-refractivity contribution in [2.45, 2.75) is 47.0 Å². The number of hydrogen-bond acceptors (Lipinski definition) is 0. The van der Waals surface area contributed by atoms with E-state index in [0.29, 0.717) is 5.41 Å². The average Bonchev–Trinajstić information content (AvgIpc) is 2.25. The van der Waals surface area contributed by atoms with Crippen LogP contribution in [0.15, 0.2) is 23.8 Å². The van der Waals surface area contributed by atoms with Crippen molar-refractivity contribution in [1.82, 2.24) is 0 Å². The fourth-order valence-electron chi connectivity index (χ4n) is 2.10. The van der Waals surface area contributed by atoms with Gasteiger partial charge in [-0.1, -0.05) is 31.1 Å². The van der Waals surface area contributed by atoms with Crippen LogP contribution in [0.25, 0.3) is 0 Å². The molecule has 13 heavy (non-hydrogen) atoms. The minimum absolute atomic E-state index is 0.426. The lowest BCUT2D eigenvalue weighted by molar-refractivity contribution is 0.275. The van der Waals surface area contributed by atoms with Crippen LogP contribution in [-0.4, -0.2) is 0 Å². The van der Waals surface area contributed by atoms with Crippen LogP contribution in [0.3, 0.4) is 0 Å². The summed E-state index contributed by atoms with van der Waals surface area (Å²) >= 11 is 0. The molecule has 1 aliphatic rings. The Balaban J connectivity index is 2.51. The summed E-state index contributed by atoms with van der Waals surface area (Å²) in [5.41, 5.74) is 3.31. The summed E-state index contributed by atoms with van der Waals surface area (Å²) in [5, 5.41) is 0. The zero-order valence-corrected chi connectivity index (χ0v) is 9.48. The number of allylic oxidation sites excluding steroid dienone is 3. The lowest BCUT2D eigenvalue weighted by Crippen LogP contribution is -2.20. The van der Waals surface area contributed by atoms with Gasteiger partial charge in [-0.3, -0.25) is 0 Å². The molecule has 0 N–H and O–H groups in total. The van der Waals surface area contributed by atoms with E-state index in [1.807, 2.05) is 0 Å². The molecule has 0 aromatic rings. The molecule has 0 bridgehead atoms. The van der Waals surface area contributed by atoms with Crippen LogP contribution in [-0.2, 0) is 0 Å². The fourth-order valence-corrected chi connectivity index (χ4v) is 2.10. The molecule has 0 heterocycles. The maximum atomic E-state index is 3.97. The molecule has 0 radical (unpaired) electrons. The lowest BCUT2D eigenvalue weighted by Gasteiger charge is -2.29. The van der Waals surface area contributed by atoms with Crippen LogP contribution in [0, 0.1) is 11.3 Å². The van der Waals surface area contributed by atoms with Crippen molar-refractivity contribution in [3.8, 4) is 0 Å². The van der Waals surface area contributed by atoms with E-state index in [1.165, 1.54) is 24.8 Å². The molecule has 0 amide bonds. The van der Waals surface area contributed by atoms with Gasteiger partial charge in [-0.05, 0) is 44.4 Å². The summed E-state index contributed by atoms with van der Waals surface area (Å²) in [6.07, 6.45) is 6.17. The summed E-state index contributed by atoms with van der Waals surface area (Å²) < 4.78 is 0. The molecule has 0 fully saturated rings. The van der Waals surface area contributed by atoms with E-state index in [2.05, 4.69) is 40.3 Å². The van der Waals surface area contributed by atoms with Crippen molar-refractivity contribution < 1.29 is 0 Å². The Kier molecular flexibility index (Phi) is 3.00. The maximum absolute atomic E-state index is 3.97.